The first kappa shape index (κ1) is 17.2. The minimum atomic E-state index is -0.00549. The quantitative estimate of drug-likeness (QED) is 0.795. The zero-order valence-corrected chi connectivity index (χ0v) is 16.1. The molecular weight excluding hydrogens is 346 g/mol. The molecule has 0 amide bonds. The summed E-state index contributed by atoms with van der Waals surface area (Å²) in [6, 6.07) is 12.4. The lowest BCUT2D eigenvalue weighted by Gasteiger charge is -2.28. The van der Waals surface area contributed by atoms with Crippen molar-refractivity contribution in [3.8, 4) is 11.5 Å². The number of aromatic nitrogens is 1. The second-order valence-corrected chi connectivity index (χ2v) is 7.89. The number of thioether (sulfide) groups is 1. The van der Waals surface area contributed by atoms with Crippen LogP contribution in [0, 0.1) is 0 Å². The minimum absolute atomic E-state index is 0.00549. The normalized spacial score (nSPS) is 24.3. The summed E-state index contributed by atoms with van der Waals surface area (Å²) < 4.78 is 11.2. The van der Waals surface area contributed by atoms with Crippen molar-refractivity contribution in [1.82, 2.24) is 9.88 Å². The third-order valence-corrected chi connectivity index (χ3v) is 5.81. The molecule has 1 aromatic heterocycles. The monoisotopic (exact) mass is 369 g/mol. The van der Waals surface area contributed by atoms with Gasteiger partial charge in [-0.3, -0.25) is 9.98 Å². The van der Waals surface area contributed by atoms with Crippen molar-refractivity contribution in [3.63, 3.8) is 0 Å². The van der Waals surface area contributed by atoms with Crippen LogP contribution in [0.15, 0.2) is 47.6 Å². The number of fused-ring (bicyclic) bond motifs is 1. The summed E-state index contributed by atoms with van der Waals surface area (Å²) in [5, 5.41) is 1.66. The van der Waals surface area contributed by atoms with Crippen molar-refractivity contribution in [2.45, 2.75) is 31.2 Å². The number of nitrogens with zero attached hydrogens (tertiary/aromatic N) is 3. The van der Waals surface area contributed by atoms with E-state index in [-0.39, 0.29) is 12.1 Å². The molecule has 0 saturated carbocycles. The highest BCUT2D eigenvalue weighted by molar-refractivity contribution is 8.14. The van der Waals surface area contributed by atoms with Gasteiger partial charge in [0.2, 0.25) is 0 Å². The summed E-state index contributed by atoms with van der Waals surface area (Å²) in [5.41, 5.74) is 2.18. The molecule has 1 aromatic carbocycles. The highest BCUT2D eigenvalue weighted by atomic mass is 32.2. The molecular formula is C20H23N3O2S. The number of amidine groups is 1. The van der Waals surface area contributed by atoms with Crippen LogP contribution < -0.4 is 9.47 Å². The maximum absolute atomic E-state index is 5.80. The van der Waals surface area contributed by atoms with E-state index in [1.54, 1.807) is 7.11 Å². The van der Waals surface area contributed by atoms with E-state index >= 15 is 0 Å². The molecule has 0 N–H and O–H groups in total. The van der Waals surface area contributed by atoms with Crippen molar-refractivity contribution < 1.29 is 9.47 Å². The fourth-order valence-electron chi connectivity index (χ4n) is 3.62. The average Bonchev–Trinajstić information content (AvgIpc) is 3.18. The van der Waals surface area contributed by atoms with Crippen molar-refractivity contribution in [1.29, 1.82) is 0 Å². The fraction of sp³-hybridized carbons (Fsp3) is 0.400. The standard InChI is InChI=1S/C20H23N3O2S/c1-4-25-17-11-14(8-9-16(17)24-3)19-18(15-7-5-6-10-21-15)22-20-23(19)12-13(2)26-20/h5-11,13,18-19H,4,12H2,1-3H3/t13-,18-,19+/m0/s1. The van der Waals surface area contributed by atoms with Crippen molar-refractivity contribution in [2.75, 3.05) is 20.3 Å². The van der Waals surface area contributed by atoms with Gasteiger partial charge < -0.3 is 14.4 Å². The lowest BCUT2D eigenvalue weighted by molar-refractivity contribution is 0.302. The Balaban J connectivity index is 1.76. The molecule has 0 spiro atoms. The second-order valence-electron chi connectivity index (χ2n) is 6.48. The molecule has 5 nitrogen and oxygen atoms in total. The smallest absolute Gasteiger partial charge is 0.161 e. The highest BCUT2D eigenvalue weighted by Crippen LogP contribution is 2.48. The van der Waals surface area contributed by atoms with Gasteiger partial charge in [-0.05, 0) is 36.8 Å². The molecule has 0 aliphatic carbocycles. The van der Waals surface area contributed by atoms with Crippen LogP contribution in [0.1, 0.15) is 37.2 Å². The average molecular weight is 369 g/mol. The predicted molar refractivity (Wildman–Crippen MR) is 105 cm³/mol. The zero-order chi connectivity index (χ0) is 18.1. The Morgan fingerprint density at radius 3 is 2.85 bits per heavy atom. The topological polar surface area (TPSA) is 47.0 Å². The second kappa shape index (κ2) is 7.19. The first-order valence-electron chi connectivity index (χ1n) is 8.94. The number of hydrogen-bond donors (Lipinski definition) is 0. The van der Waals surface area contributed by atoms with Crippen molar-refractivity contribution >= 4 is 16.9 Å². The van der Waals surface area contributed by atoms with Crippen LogP contribution in [-0.2, 0) is 0 Å². The van der Waals surface area contributed by atoms with Crippen LogP contribution in [0.5, 0.6) is 11.5 Å². The van der Waals surface area contributed by atoms with Crippen LogP contribution in [0.4, 0.5) is 0 Å². The van der Waals surface area contributed by atoms with Gasteiger partial charge in [-0.2, -0.15) is 0 Å². The van der Waals surface area contributed by atoms with E-state index in [1.807, 2.05) is 43.1 Å². The Bertz CT molecular complexity index is 812. The molecule has 4 rings (SSSR count). The molecule has 0 bridgehead atoms. The summed E-state index contributed by atoms with van der Waals surface area (Å²) in [6.45, 7) is 5.83. The zero-order valence-electron chi connectivity index (χ0n) is 15.3. The molecule has 1 fully saturated rings. The molecule has 2 aliphatic heterocycles. The third kappa shape index (κ3) is 3.03. The van der Waals surface area contributed by atoms with Crippen LogP contribution in [-0.4, -0.2) is 40.6 Å². The molecule has 6 heteroatoms. The first-order chi connectivity index (χ1) is 12.7. The van der Waals surface area contributed by atoms with Gasteiger partial charge in [0, 0.05) is 18.0 Å². The Kier molecular flexibility index (Phi) is 4.76. The summed E-state index contributed by atoms with van der Waals surface area (Å²) in [7, 11) is 1.67. The molecule has 26 heavy (non-hydrogen) atoms. The number of methoxy groups -OCH3 is 1. The van der Waals surface area contributed by atoms with Gasteiger partial charge in [0.15, 0.2) is 16.7 Å². The van der Waals surface area contributed by atoms with Gasteiger partial charge in [0.1, 0.15) is 6.04 Å². The Hall–Kier alpha value is -2.21. The molecule has 2 aliphatic rings. The molecule has 136 valence electrons. The van der Waals surface area contributed by atoms with Crippen molar-refractivity contribution in [2.24, 2.45) is 4.99 Å². The van der Waals surface area contributed by atoms with E-state index in [1.165, 1.54) is 5.56 Å². The van der Waals surface area contributed by atoms with Gasteiger partial charge in [-0.1, -0.05) is 30.8 Å². The van der Waals surface area contributed by atoms with E-state index in [4.69, 9.17) is 14.5 Å². The SMILES string of the molecule is CCOc1cc([C@@H]2[C@H](c3ccccn3)N=C3S[C@@H](C)CN32)ccc1OC. The van der Waals surface area contributed by atoms with E-state index in [2.05, 4.69) is 35.0 Å². The minimum Gasteiger partial charge on any atom is -0.493 e. The Labute approximate surface area is 158 Å². The van der Waals surface area contributed by atoms with E-state index in [9.17, 15) is 0 Å². The first-order valence-corrected chi connectivity index (χ1v) is 9.82. The molecule has 3 atom stereocenters. The van der Waals surface area contributed by atoms with Gasteiger partial charge in [0.25, 0.3) is 0 Å². The predicted octanol–water partition coefficient (Wildman–Crippen LogP) is 4.08. The summed E-state index contributed by atoms with van der Waals surface area (Å²) in [4.78, 5) is 12.0. The molecule has 0 unspecified atom stereocenters. The van der Waals surface area contributed by atoms with Crippen LogP contribution in [0.2, 0.25) is 0 Å². The lowest BCUT2D eigenvalue weighted by Crippen LogP contribution is -2.28. The fourth-order valence-corrected chi connectivity index (χ4v) is 4.72. The van der Waals surface area contributed by atoms with Gasteiger partial charge >= 0.3 is 0 Å². The van der Waals surface area contributed by atoms with Crippen LogP contribution in [0.25, 0.3) is 0 Å². The molecule has 2 aromatic rings. The van der Waals surface area contributed by atoms with Gasteiger partial charge in [0.05, 0.1) is 25.5 Å². The largest absolute Gasteiger partial charge is 0.493 e. The van der Waals surface area contributed by atoms with Crippen LogP contribution >= 0.6 is 11.8 Å². The summed E-state index contributed by atoms with van der Waals surface area (Å²) >= 11 is 1.85. The molecule has 3 heterocycles. The number of aliphatic imine (C=N–C) groups is 1. The highest BCUT2D eigenvalue weighted by Gasteiger charge is 2.43. The number of pyridine rings is 1. The maximum Gasteiger partial charge on any atom is 0.161 e. The summed E-state index contributed by atoms with van der Waals surface area (Å²) in [5.74, 6) is 1.54. The maximum atomic E-state index is 5.80. The number of ether oxygens (including phenoxy) is 2. The molecule has 1 saturated heterocycles. The van der Waals surface area contributed by atoms with Gasteiger partial charge in [-0.25, -0.2) is 0 Å². The number of benzene rings is 1. The Morgan fingerprint density at radius 2 is 2.12 bits per heavy atom. The van der Waals surface area contributed by atoms with E-state index < -0.39 is 0 Å². The van der Waals surface area contributed by atoms with Crippen LogP contribution in [0.3, 0.4) is 0 Å². The molecule has 0 radical (unpaired) electrons. The number of hydrogen-bond acceptors (Lipinski definition) is 6. The van der Waals surface area contributed by atoms with Crippen molar-refractivity contribution in [3.05, 3.63) is 53.9 Å². The van der Waals surface area contributed by atoms with E-state index in [0.29, 0.717) is 11.9 Å². The number of rotatable bonds is 5. The Morgan fingerprint density at radius 1 is 1.23 bits per heavy atom. The summed E-state index contributed by atoms with van der Waals surface area (Å²) in [6.07, 6.45) is 1.84. The lowest BCUT2D eigenvalue weighted by atomic mass is 9.96. The van der Waals surface area contributed by atoms with E-state index in [0.717, 1.165) is 28.9 Å². The van der Waals surface area contributed by atoms with Gasteiger partial charge in [-0.15, -0.1) is 0 Å². The third-order valence-electron chi connectivity index (χ3n) is 4.71.